The van der Waals surface area contributed by atoms with E-state index < -0.39 is 42.4 Å². The van der Waals surface area contributed by atoms with Crippen LogP contribution < -0.4 is 10.6 Å². The van der Waals surface area contributed by atoms with Crippen molar-refractivity contribution in [3.8, 4) is 0 Å². The third-order valence-electron chi connectivity index (χ3n) is 2.91. The minimum Gasteiger partial charge on any atom is -0.481 e. The van der Waals surface area contributed by atoms with Crippen LogP contribution in [0.4, 0.5) is 4.79 Å². The largest absolute Gasteiger partial charge is 0.481 e. The molecule has 10 heteroatoms. The molecule has 0 aromatic heterocycles. The van der Waals surface area contributed by atoms with E-state index in [2.05, 4.69) is 10.6 Å². The Hall–Kier alpha value is -2.36. The Labute approximate surface area is 120 Å². The van der Waals surface area contributed by atoms with E-state index in [0.29, 0.717) is 0 Å². The molecule has 3 amide bonds. The van der Waals surface area contributed by atoms with Gasteiger partial charge in [-0.15, -0.1) is 0 Å². The maximum atomic E-state index is 12.0. The van der Waals surface area contributed by atoms with Crippen LogP contribution in [0.3, 0.4) is 0 Å². The van der Waals surface area contributed by atoms with E-state index in [0.717, 1.165) is 4.90 Å². The number of ether oxygens (including phenoxy) is 1. The SMILES string of the molecule is CNC(=O)C1COCCN1C(=O)N[C@H](CC(=O)O)C(=O)O. The quantitative estimate of drug-likeness (QED) is 0.462. The molecule has 0 aliphatic carbocycles. The van der Waals surface area contributed by atoms with Crippen molar-refractivity contribution in [1.29, 1.82) is 0 Å². The number of urea groups is 1. The van der Waals surface area contributed by atoms with Crippen LogP contribution in [0.5, 0.6) is 0 Å². The number of aliphatic carboxylic acids is 2. The summed E-state index contributed by atoms with van der Waals surface area (Å²) in [5.41, 5.74) is 0. The predicted octanol–water partition coefficient (Wildman–Crippen LogP) is -1.93. The average molecular weight is 303 g/mol. The third kappa shape index (κ3) is 4.60. The Balaban J connectivity index is 2.76. The molecule has 1 unspecified atom stereocenters. The summed E-state index contributed by atoms with van der Waals surface area (Å²) >= 11 is 0. The lowest BCUT2D eigenvalue weighted by Crippen LogP contribution is -2.59. The van der Waals surface area contributed by atoms with Crippen molar-refractivity contribution in [2.45, 2.75) is 18.5 Å². The lowest BCUT2D eigenvalue weighted by atomic mass is 10.2. The summed E-state index contributed by atoms with van der Waals surface area (Å²) in [6, 6.07) is -3.27. The number of carbonyl (C=O) groups excluding carboxylic acids is 2. The van der Waals surface area contributed by atoms with Crippen LogP contribution in [0, 0.1) is 0 Å². The van der Waals surface area contributed by atoms with E-state index in [4.69, 9.17) is 14.9 Å². The molecule has 1 heterocycles. The van der Waals surface area contributed by atoms with E-state index in [1.54, 1.807) is 0 Å². The average Bonchev–Trinajstić information content (AvgIpc) is 2.45. The molecule has 1 aliphatic rings. The summed E-state index contributed by atoms with van der Waals surface area (Å²) in [7, 11) is 1.40. The second-order valence-corrected chi connectivity index (χ2v) is 4.34. The molecule has 118 valence electrons. The smallest absolute Gasteiger partial charge is 0.326 e. The van der Waals surface area contributed by atoms with E-state index in [9.17, 15) is 19.2 Å². The zero-order chi connectivity index (χ0) is 16.0. The van der Waals surface area contributed by atoms with Gasteiger partial charge in [-0.3, -0.25) is 9.59 Å². The standard InChI is InChI=1S/C11H17N3O7/c1-12-9(17)7-5-21-3-2-14(7)11(20)13-6(10(18)19)4-8(15)16/h6-7H,2-5H2,1H3,(H,12,17)(H,13,20)(H,15,16)(H,18,19)/t6-,7?/m1/s1. The van der Waals surface area contributed by atoms with Gasteiger partial charge in [-0.1, -0.05) is 0 Å². The highest BCUT2D eigenvalue weighted by molar-refractivity contribution is 5.90. The van der Waals surface area contributed by atoms with Crippen LogP contribution in [-0.4, -0.2) is 77.9 Å². The van der Waals surface area contributed by atoms with Crippen molar-refractivity contribution in [3.05, 3.63) is 0 Å². The van der Waals surface area contributed by atoms with Gasteiger partial charge in [0.25, 0.3) is 0 Å². The monoisotopic (exact) mass is 303 g/mol. The molecule has 0 aromatic rings. The lowest BCUT2D eigenvalue weighted by Gasteiger charge is -2.34. The topological polar surface area (TPSA) is 145 Å². The summed E-state index contributed by atoms with van der Waals surface area (Å²) in [4.78, 5) is 46.3. The Morgan fingerprint density at radius 1 is 1.33 bits per heavy atom. The summed E-state index contributed by atoms with van der Waals surface area (Å²) < 4.78 is 5.11. The third-order valence-corrected chi connectivity index (χ3v) is 2.91. The number of morpholine rings is 1. The minimum atomic E-state index is -1.57. The molecule has 1 rings (SSSR count). The molecule has 0 spiro atoms. The van der Waals surface area contributed by atoms with Gasteiger partial charge in [0, 0.05) is 13.6 Å². The molecule has 4 N–H and O–H groups in total. The highest BCUT2D eigenvalue weighted by atomic mass is 16.5. The summed E-state index contributed by atoms with van der Waals surface area (Å²) in [6.07, 6.45) is -0.754. The van der Waals surface area contributed by atoms with Gasteiger partial charge in [0.15, 0.2) is 0 Å². The van der Waals surface area contributed by atoms with Crippen molar-refractivity contribution < 1.29 is 34.1 Å². The van der Waals surface area contributed by atoms with E-state index in [1.807, 2.05) is 0 Å². The van der Waals surface area contributed by atoms with Crippen molar-refractivity contribution in [1.82, 2.24) is 15.5 Å². The van der Waals surface area contributed by atoms with Crippen molar-refractivity contribution in [2.75, 3.05) is 26.8 Å². The van der Waals surface area contributed by atoms with Crippen LogP contribution in [0.1, 0.15) is 6.42 Å². The summed E-state index contributed by atoms with van der Waals surface area (Å²) in [6.45, 7) is 0.296. The van der Waals surface area contributed by atoms with E-state index >= 15 is 0 Å². The first-order valence-corrected chi connectivity index (χ1v) is 6.18. The zero-order valence-corrected chi connectivity index (χ0v) is 11.4. The van der Waals surface area contributed by atoms with Crippen LogP contribution in [0.25, 0.3) is 0 Å². The zero-order valence-electron chi connectivity index (χ0n) is 11.4. The number of rotatable bonds is 5. The van der Waals surface area contributed by atoms with Gasteiger partial charge in [-0.25, -0.2) is 9.59 Å². The van der Waals surface area contributed by atoms with Crippen LogP contribution in [0.2, 0.25) is 0 Å². The molecule has 1 saturated heterocycles. The second kappa shape index (κ2) is 7.43. The van der Waals surface area contributed by atoms with Gasteiger partial charge < -0.3 is 30.5 Å². The fraction of sp³-hybridized carbons (Fsp3) is 0.636. The molecule has 0 saturated carbocycles. The van der Waals surface area contributed by atoms with Crippen molar-refractivity contribution in [2.24, 2.45) is 0 Å². The molecular weight excluding hydrogens is 286 g/mol. The Morgan fingerprint density at radius 3 is 2.52 bits per heavy atom. The Morgan fingerprint density at radius 2 is 2.00 bits per heavy atom. The number of hydrogen-bond acceptors (Lipinski definition) is 5. The number of nitrogens with one attached hydrogen (secondary N) is 2. The number of carboxylic acids is 2. The fourth-order valence-electron chi connectivity index (χ4n) is 1.84. The number of nitrogens with zero attached hydrogens (tertiary/aromatic N) is 1. The fourth-order valence-corrected chi connectivity index (χ4v) is 1.84. The highest BCUT2D eigenvalue weighted by Gasteiger charge is 2.34. The molecule has 0 radical (unpaired) electrons. The first-order valence-electron chi connectivity index (χ1n) is 6.18. The molecular formula is C11H17N3O7. The van der Waals surface area contributed by atoms with Crippen molar-refractivity contribution in [3.63, 3.8) is 0 Å². The number of likely N-dealkylation sites (N-methyl/N-ethyl adjacent to an activating group) is 1. The van der Waals surface area contributed by atoms with Gasteiger partial charge in [0.05, 0.1) is 19.6 Å². The normalized spacial score (nSPS) is 19.5. The number of amides is 3. The first kappa shape index (κ1) is 16.7. The van der Waals surface area contributed by atoms with Gasteiger partial charge in [-0.05, 0) is 0 Å². The summed E-state index contributed by atoms with van der Waals surface area (Å²) in [5, 5.41) is 22.0. The van der Waals surface area contributed by atoms with Gasteiger partial charge in [0.1, 0.15) is 12.1 Å². The maximum Gasteiger partial charge on any atom is 0.326 e. The molecule has 10 nitrogen and oxygen atoms in total. The summed E-state index contributed by atoms with van der Waals surface area (Å²) in [5.74, 6) is -3.27. The van der Waals surface area contributed by atoms with Crippen molar-refractivity contribution >= 4 is 23.9 Å². The molecule has 1 fully saturated rings. The minimum absolute atomic E-state index is 0.0102. The highest BCUT2D eigenvalue weighted by Crippen LogP contribution is 2.08. The first-order chi connectivity index (χ1) is 9.86. The molecule has 0 aromatic carbocycles. The van der Waals surface area contributed by atoms with Gasteiger partial charge in [-0.2, -0.15) is 0 Å². The number of hydrogen-bond donors (Lipinski definition) is 4. The number of carbonyl (C=O) groups is 4. The molecule has 0 bridgehead atoms. The molecule has 1 aliphatic heterocycles. The van der Waals surface area contributed by atoms with Crippen LogP contribution in [-0.2, 0) is 19.1 Å². The van der Waals surface area contributed by atoms with Crippen LogP contribution >= 0.6 is 0 Å². The van der Waals surface area contributed by atoms with Gasteiger partial charge in [0.2, 0.25) is 5.91 Å². The Kier molecular flexibility index (Phi) is 5.91. The van der Waals surface area contributed by atoms with Crippen LogP contribution in [0.15, 0.2) is 0 Å². The predicted molar refractivity (Wildman–Crippen MR) is 67.6 cm³/mol. The van der Waals surface area contributed by atoms with E-state index in [1.165, 1.54) is 7.05 Å². The molecule has 21 heavy (non-hydrogen) atoms. The maximum absolute atomic E-state index is 12.0. The number of carboxylic acid groups (broad SMARTS) is 2. The lowest BCUT2D eigenvalue weighted by molar-refractivity contribution is -0.145. The second-order valence-electron chi connectivity index (χ2n) is 4.34. The van der Waals surface area contributed by atoms with E-state index in [-0.39, 0.29) is 19.8 Å². The molecule has 2 atom stereocenters. The Bertz CT molecular complexity index is 440. The van der Waals surface area contributed by atoms with Gasteiger partial charge >= 0.3 is 18.0 Å².